The third-order valence-corrected chi connectivity index (χ3v) is 6.83. The standard InChI is InChI=1S/C20H15ClF2N4O5S/c1-31-17-8-12(9-18(25-17)32-2)27-20(28)26(10-13-14(21)6-11(22)7-15(13)23)19-16(33(27,29)30)4-3-5-24-19/h3-9H,10H2,1-2H3. The van der Waals surface area contributed by atoms with E-state index in [1.165, 1.54) is 44.7 Å². The van der Waals surface area contributed by atoms with E-state index in [1.54, 1.807) is 0 Å². The van der Waals surface area contributed by atoms with Gasteiger partial charge >= 0.3 is 6.03 Å². The van der Waals surface area contributed by atoms with E-state index in [0.29, 0.717) is 10.4 Å². The number of hydrogen-bond donors (Lipinski definition) is 0. The highest BCUT2D eigenvalue weighted by atomic mass is 35.5. The molecule has 0 atom stereocenters. The van der Waals surface area contributed by atoms with E-state index < -0.39 is 34.2 Å². The van der Waals surface area contributed by atoms with Crippen molar-refractivity contribution >= 4 is 39.2 Å². The average molecular weight is 497 g/mol. The zero-order chi connectivity index (χ0) is 23.9. The van der Waals surface area contributed by atoms with Gasteiger partial charge in [0.1, 0.15) is 16.5 Å². The topological polar surface area (TPSA) is 102 Å². The highest BCUT2D eigenvalue weighted by Gasteiger charge is 2.44. The Morgan fingerprint density at radius 3 is 2.36 bits per heavy atom. The van der Waals surface area contributed by atoms with Gasteiger partial charge in [-0.2, -0.15) is 9.29 Å². The minimum Gasteiger partial charge on any atom is -0.481 e. The summed E-state index contributed by atoms with van der Waals surface area (Å²) < 4.78 is 65.4. The molecular weight excluding hydrogens is 482 g/mol. The molecule has 2 amide bonds. The minimum absolute atomic E-state index is 0.0106. The molecule has 13 heteroatoms. The maximum Gasteiger partial charge on any atom is 0.344 e. The van der Waals surface area contributed by atoms with Gasteiger partial charge < -0.3 is 9.47 Å². The molecule has 1 aromatic carbocycles. The van der Waals surface area contributed by atoms with E-state index in [2.05, 4.69) is 9.97 Å². The fraction of sp³-hybridized carbons (Fsp3) is 0.150. The number of aromatic nitrogens is 2. The van der Waals surface area contributed by atoms with Gasteiger partial charge in [0.05, 0.1) is 31.5 Å². The number of sulfonamides is 1. The number of rotatable bonds is 5. The van der Waals surface area contributed by atoms with Crippen LogP contribution in [-0.4, -0.2) is 38.6 Å². The molecule has 3 aromatic rings. The number of pyridine rings is 2. The number of halogens is 3. The lowest BCUT2D eigenvalue weighted by Gasteiger charge is -2.35. The molecule has 0 radical (unpaired) electrons. The number of carbonyl (C=O) groups excluding carboxylic acids is 1. The molecule has 4 rings (SSSR count). The highest BCUT2D eigenvalue weighted by Crippen LogP contribution is 2.39. The summed E-state index contributed by atoms with van der Waals surface area (Å²) >= 11 is 6.01. The first-order valence-corrected chi connectivity index (χ1v) is 11.0. The monoisotopic (exact) mass is 496 g/mol. The summed E-state index contributed by atoms with van der Waals surface area (Å²) in [6.45, 7) is -0.515. The number of hydrogen-bond acceptors (Lipinski definition) is 7. The van der Waals surface area contributed by atoms with E-state index in [1.807, 2.05) is 0 Å². The number of urea groups is 1. The Morgan fingerprint density at radius 1 is 1.09 bits per heavy atom. The Balaban J connectivity index is 1.91. The number of anilines is 2. The number of amides is 2. The van der Waals surface area contributed by atoms with Gasteiger partial charge in [-0.25, -0.2) is 27.0 Å². The summed E-state index contributed by atoms with van der Waals surface area (Å²) in [6, 6.07) is 5.51. The zero-order valence-corrected chi connectivity index (χ0v) is 18.7. The van der Waals surface area contributed by atoms with Crippen molar-refractivity contribution in [3.05, 3.63) is 64.8 Å². The van der Waals surface area contributed by atoms with Gasteiger partial charge in [-0.15, -0.1) is 0 Å². The van der Waals surface area contributed by atoms with Gasteiger partial charge in [-0.05, 0) is 18.2 Å². The number of nitrogens with zero attached hydrogens (tertiary/aromatic N) is 4. The van der Waals surface area contributed by atoms with E-state index in [-0.39, 0.29) is 38.7 Å². The SMILES string of the molecule is COc1cc(N2C(=O)N(Cc3c(F)cc(F)cc3Cl)c3ncccc3S2(=O)=O)cc(OC)n1. The number of ether oxygens (including phenoxy) is 2. The van der Waals surface area contributed by atoms with Crippen molar-refractivity contribution < 1.29 is 31.5 Å². The van der Waals surface area contributed by atoms with Crippen LogP contribution in [0.3, 0.4) is 0 Å². The van der Waals surface area contributed by atoms with Gasteiger partial charge in [-0.3, -0.25) is 4.90 Å². The normalized spacial score (nSPS) is 14.8. The molecule has 0 spiro atoms. The first-order chi connectivity index (χ1) is 15.7. The number of fused-ring (bicyclic) bond motifs is 1. The Kier molecular flexibility index (Phi) is 5.80. The Hall–Kier alpha value is -3.51. The third-order valence-electron chi connectivity index (χ3n) is 4.77. The lowest BCUT2D eigenvalue weighted by Crippen LogP contribution is -2.51. The van der Waals surface area contributed by atoms with Crippen LogP contribution in [0, 0.1) is 11.6 Å². The van der Waals surface area contributed by atoms with Gasteiger partial charge in [0.15, 0.2) is 5.82 Å². The molecule has 0 saturated carbocycles. The molecule has 1 aliphatic rings. The van der Waals surface area contributed by atoms with Gasteiger partial charge in [-0.1, -0.05) is 11.6 Å². The largest absolute Gasteiger partial charge is 0.481 e. The summed E-state index contributed by atoms with van der Waals surface area (Å²) in [6.07, 6.45) is 1.28. The van der Waals surface area contributed by atoms with Crippen molar-refractivity contribution in [3.8, 4) is 11.8 Å². The molecule has 172 valence electrons. The summed E-state index contributed by atoms with van der Waals surface area (Å²) in [5.74, 6) is -2.15. The molecule has 0 unspecified atom stereocenters. The van der Waals surface area contributed by atoms with Crippen LogP contribution in [0.15, 0.2) is 47.5 Å². The molecule has 1 aliphatic heterocycles. The van der Waals surface area contributed by atoms with Crippen LogP contribution in [0.2, 0.25) is 5.02 Å². The van der Waals surface area contributed by atoms with Crippen molar-refractivity contribution in [2.45, 2.75) is 11.4 Å². The second kappa shape index (κ2) is 8.45. The summed E-state index contributed by atoms with van der Waals surface area (Å²) in [5, 5.41) is -0.273. The molecular formula is C20H15ClF2N4O5S. The minimum atomic E-state index is -4.43. The zero-order valence-electron chi connectivity index (χ0n) is 17.1. The molecule has 0 fully saturated rings. The lowest BCUT2D eigenvalue weighted by atomic mass is 10.2. The van der Waals surface area contributed by atoms with E-state index in [9.17, 15) is 22.0 Å². The van der Waals surface area contributed by atoms with Crippen LogP contribution in [0.1, 0.15) is 5.56 Å². The van der Waals surface area contributed by atoms with Crippen LogP contribution in [-0.2, 0) is 16.6 Å². The van der Waals surface area contributed by atoms with Crippen LogP contribution in [0.5, 0.6) is 11.8 Å². The third kappa shape index (κ3) is 3.91. The van der Waals surface area contributed by atoms with Crippen molar-refractivity contribution in [2.24, 2.45) is 0 Å². The van der Waals surface area contributed by atoms with Gasteiger partial charge in [0.25, 0.3) is 10.0 Å². The van der Waals surface area contributed by atoms with Crippen molar-refractivity contribution in [1.29, 1.82) is 0 Å². The quantitative estimate of drug-likeness (QED) is 0.530. The van der Waals surface area contributed by atoms with Crippen LogP contribution >= 0.6 is 11.6 Å². The van der Waals surface area contributed by atoms with E-state index >= 15 is 0 Å². The highest BCUT2D eigenvalue weighted by molar-refractivity contribution is 7.94. The molecule has 0 bridgehead atoms. The Morgan fingerprint density at radius 2 is 1.76 bits per heavy atom. The molecule has 0 saturated heterocycles. The second-order valence-electron chi connectivity index (χ2n) is 6.72. The van der Waals surface area contributed by atoms with E-state index in [0.717, 1.165) is 11.0 Å². The van der Waals surface area contributed by atoms with Crippen LogP contribution < -0.4 is 18.7 Å². The molecule has 0 N–H and O–H groups in total. The Labute approximate surface area is 192 Å². The summed E-state index contributed by atoms with van der Waals surface area (Å²) in [4.78, 5) is 22.1. The van der Waals surface area contributed by atoms with Crippen LogP contribution in [0.4, 0.5) is 25.1 Å². The summed E-state index contributed by atoms with van der Waals surface area (Å²) in [5.41, 5.74) is -0.346. The van der Waals surface area contributed by atoms with Crippen molar-refractivity contribution in [1.82, 2.24) is 9.97 Å². The molecule has 0 aliphatic carbocycles. The lowest BCUT2D eigenvalue weighted by molar-refractivity contribution is 0.253. The maximum absolute atomic E-state index is 14.5. The van der Waals surface area contributed by atoms with Gasteiger partial charge in [0, 0.05) is 30.0 Å². The predicted molar refractivity (Wildman–Crippen MR) is 114 cm³/mol. The first kappa shape index (κ1) is 22.7. The molecule has 9 nitrogen and oxygen atoms in total. The van der Waals surface area contributed by atoms with Crippen molar-refractivity contribution in [3.63, 3.8) is 0 Å². The molecule has 3 heterocycles. The smallest absolute Gasteiger partial charge is 0.344 e. The van der Waals surface area contributed by atoms with Gasteiger partial charge in [0.2, 0.25) is 11.8 Å². The first-order valence-electron chi connectivity index (χ1n) is 9.22. The molecule has 33 heavy (non-hydrogen) atoms. The number of benzene rings is 1. The summed E-state index contributed by atoms with van der Waals surface area (Å²) in [7, 11) is -1.82. The van der Waals surface area contributed by atoms with E-state index in [4.69, 9.17) is 21.1 Å². The Bertz CT molecular complexity index is 1330. The fourth-order valence-corrected chi connectivity index (χ4v) is 5.04. The maximum atomic E-state index is 14.5. The fourth-order valence-electron chi connectivity index (χ4n) is 3.25. The molecule has 2 aromatic heterocycles. The van der Waals surface area contributed by atoms with Crippen LogP contribution in [0.25, 0.3) is 0 Å². The predicted octanol–water partition coefficient (Wildman–Crippen LogP) is 3.76. The second-order valence-corrected chi connectivity index (χ2v) is 8.88. The number of methoxy groups -OCH3 is 2. The average Bonchev–Trinajstić information content (AvgIpc) is 2.77. The van der Waals surface area contributed by atoms with Crippen molar-refractivity contribution in [2.75, 3.05) is 23.4 Å². The number of carbonyl (C=O) groups is 1.